The van der Waals surface area contributed by atoms with Crippen LogP contribution in [0.25, 0.3) is 0 Å². The molecule has 0 fully saturated rings. The smallest absolute Gasteiger partial charge is 0.372 e. The van der Waals surface area contributed by atoms with E-state index >= 15 is 0 Å². The number of nitrogens with zero attached hydrogens (tertiary/aromatic N) is 2. The summed E-state index contributed by atoms with van der Waals surface area (Å²) in [5, 5.41) is 4.31. The van der Waals surface area contributed by atoms with Crippen molar-refractivity contribution in [1.29, 1.82) is 0 Å². The van der Waals surface area contributed by atoms with E-state index in [2.05, 4.69) is 5.10 Å². The molecule has 1 heterocycles. The van der Waals surface area contributed by atoms with Crippen molar-refractivity contribution in [3.8, 4) is 0 Å². The molecule has 3 nitrogen and oxygen atoms in total. The molecule has 0 saturated heterocycles. The first-order valence-corrected chi connectivity index (χ1v) is 6.09. The predicted octanol–water partition coefficient (Wildman–Crippen LogP) is 3.80. The Labute approximate surface area is 109 Å². The highest BCUT2D eigenvalue weighted by molar-refractivity contribution is 6.31. The summed E-state index contributed by atoms with van der Waals surface area (Å²) in [6.07, 6.45) is -2.79. The summed E-state index contributed by atoms with van der Waals surface area (Å²) in [6.45, 7) is 3.88. The van der Waals surface area contributed by atoms with Gasteiger partial charge in [0.25, 0.3) is 0 Å². The van der Waals surface area contributed by atoms with E-state index in [-0.39, 0.29) is 19.3 Å². The van der Waals surface area contributed by atoms with E-state index in [1.165, 1.54) is 10.9 Å². The van der Waals surface area contributed by atoms with Crippen molar-refractivity contribution in [2.24, 2.45) is 0 Å². The minimum atomic E-state index is -4.19. The van der Waals surface area contributed by atoms with E-state index in [9.17, 15) is 13.2 Å². The average Bonchev–Trinajstić information content (AvgIpc) is 2.63. The summed E-state index contributed by atoms with van der Waals surface area (Å²) in [5.74, 6) is 0. The molecule has 0 bridgehead atoms. The lowest BCUT2D eigenvalue weighted by molar-refractivity contribution is -0.137. The second-order valence-electron chi connectivity index (χ2n) is 4.08. The molecule has 0 aromatic carbocycles. The number of hydrogen-bond acceptors (Lipinski definition) is 2. The molecule has 1 atom stereocenters. The molecule has 0 amide bonds. The minimum absolute atomic E-state index is 0.0707. The number of ether oxygens (including phenoxy) is 1. The summed E-state index contributed by atoms with van der Waals surface area (Å²) in [4.78, 5) is 0. The lowest BCUT2D eigenvalue weighted by Gasteiger charge is -2.09. The zero-order valence-corrected chi connectivity index (χ0v) is 11.1. The van der Waals surface area contributed by atoms with Crippen LogP contribution in [0.5, 0.6) is 0 Å². The van der Waals surface area contributed by atoms with Gasteiger partial charge in [-0.05, 0) is 13.3 Å². The van der Waals surface area contributed by atoms with Gasteiger partial charge in [0.2, 0.25) is 0 Å². The van der Waals surface area contributed by atoms with E-state index in [1.807, 2.05) is 13.8 Å². The van der Waals surface area contributed by atoms with Gasteiger partial charge in [-0.25, -0.2) is 0 Å². The van der Waals surface area contributed by atoms with Crippen LogP contribution in [0.1, 0.15) is 32.4 Å². The molecule has 104 valence electrons. The number of alkyl halides is 3. The van der Waals surface area contributed by atoms with Crippen molar-refractivity contribution in [2.75, 3.05) is 0 Å². The fourth-order valence-corrected chi connectivity index (χ4v) is 1.43. The summed E-state index contributed by atoms with van der Waals surface area (Å²) < 4.78 is 42.8. The van der Waals surface area contributed by atoms with Gasteiger partial charge in [0.15, 0.2) is 0 Å². The summed E-state index contributed by atoms with van der Waals surface area (Å²) in [6, 6.07) is 0. The number of aryl methyl sites for hydroxylation is 1. The van der Waals surface area contributed by atoms with E-state index in [0.717, 1.165) is 6.42 Å². The maximum atomic E-state index is 12.0. The minimum Gasteiger partial charge on any atom is -0.372 e. The summed E-state index contributed by atoms with van der Waals surface area (Å²) in [7, 11) is 0. The molecule has 0 N–H and O–H groups in total. The van der Waals surface area contributed by atoms with Gasteiger partial charge in [-0.1, -0.05) is 18.5 Å². The van der Waals surface area contributed by atoms with E-state index in [1.54, 1.807) is 0 Å². The van der Waals surface area contributed by atoms with Crippen LogP contribution >= 0.6 is 11.6 Å². The third-order valence-electron chi connectivity index (χ3n) is 2.49. The molecule has 0 spiro atoms. The van der Waals surface area contributed by atoms with Crippen LogP contribution in [-0.2, 0) is 17.9 Å². The zero-order chi connectivity index (χ0) is 13.8. The van der Waals surface area contributed by atoms with E-state index in [4.69, 9.17) is 16.3 Å². The average molecular weight is 285 g/mol. The standard InChI is InChI=1S/C11H16ClF3N2O/c1-3-8(2)18-7-10-9(12)6-17(16-10)5-4-11(13,14)15/h6,8H,3-5,7H2,1-2H3/t8-/m1/s1. The van der Waals surface area contributed by atoms with Crippen LogP contribution in [0.15, 0.2) is 6.20 Å². The third kappa shape index (κ3) is 5.27. The van der Waals surface area contributed by atoms with Crippen LogP contribution in [0.2, 0.25) is 5.02 Å². The molecule has 0 aliphatic heterocycles. The Morgan fingerprint density at radius 1 is 1.50 bits per heavy atom. The van der Waals surface area contributed by atoms with Gasteiger partial charge in [-0.15, -0.1) is 0 Å². The Bertz CT molecular complexity index is 379. The second kappa shape index (κ2) is 6.43. The largest absolute Gasteiger partial charge is 0.390 e. The Morgan fingerprint density at radius 2 is 2.17 bits per heavy atom. The van der Waals surface area contributed by atoms with E-state index < -0.39 is 12.6 Å². The van der Waals surface area contributed by atoms with Gasteiger partial charge < -0.3 is 4.74 Å². The Kier molecular flexibility index (Phi) is 5.47. The van der Waals surface area contributed by atoms with Gasteiger partial charge in [0.1, 0.15) is 5.69 Å². The number of hydrogen-bond donors (Lipinski definition) is 0. The normalized spacial score (nSPS) is 13.9. The molecule has 18 heavy (non-hydrogen) atoms. The summed E-state index contributed by atoms with van der Waals surface area (Å²) in [5.41, 5.74) is 0.471. The molecular weight excluding hydrogens is 269 g/mol. The molecule has 7 heteroatoms. The topological polar surface area (TPSA) is 27.1 Å². The van der Waals surface area contributed by atoms with Gasteiger partial charge >= 0.3 is 6.18 Å². The van der Waals surface area contributed by atoms with Crippen molar-refractivity contribution in [2.45, 2.75) is 52.1 Å². The number of aromatic nitrogens is 2. The molecule has 1 aromatic heterocycles. The molecule has 0 unspecified atom stereocenters. The molecule has 0 aliphatic carbocycles. The quantitative estimate of drug-likeness (QED) is 0.794. The molecule has 1 aromatic rings. The maximum Gasteiger partial charge on any atom is 0.390 e. The Morgan fingerprint density at radius 3 is 2.72 bits per heavy atom. The van der Waals surface area contributed by atoms with Crippen molar-refractivity contribution in [3.05, 3.63) is 16.9 Å². The predicted molar refractivity (Wildman–Crippen MR) is 62.5 cm³/mol. The first-order chi connectivity index (χ1) is 8.31. The fourth-order valence-electron chi connectivity index (χ4n) is 1.23. The van der Waals surface area contributed by atoms with Gasteiger partial charge in [0, 0.05) is 12.7 Å². The first-order valence-electron chi connectivity index (χ1n) is 5.72. The Balaban J connectivity index is 2.53. The molecule has 0 aliphatic rings. The van der Waals surface area contributed by atoms with Crippen LogP contribution < -0.4 is 0 Å². The highest BCUT2D eigenvalue weighted by atomic mass is 35.5. The highest BCUT2D eigenvalue weighted by Crippen LogP contribution is 2.21. The summed E-state index contributed by atoms with van der Waals surface area (Å²) >= 11 is 5.88. The van der Waals surface area contributed by atoms with Crippen LogP contribution in [-0.4, -0.2) is 22.1 Å². The lowest BCUT2D eigenvalue weighted by atomic mass is 10.3. The van der Waals surface area contributed by atoms with Crippen LogP contribution in [0.4, 0.5) is 13.2 Å². The van der Waals surface area contributed by atoms with Crippen LogP contribution in [0.3, 0.4) is 0 Å². The second-order valence-corrected chi connectivity index (χ2v) is 4.49. The Hall–Kier alpha value is -0.750. The first kappa shape index (κ1) is 15.3. The monoisotopic (exact) mass is 284 g/mol. The molecule has 0 radical (unpaired) electrons. The third-order valence-corrected chi connectivity index (χ3v) is 2.81. The van der Waals surface area contributed by atoms with Crippen LogP contribution in [0, 0.1) is 0 Å². The van der Waals surface area contributed by atoms with Crippen molar-refractivity contribution < 1.29 is 17.9 Å². The van der Waals surface area contributed by atoms with Crippen molar-refractivity contribution in [1.82, 2.24) is 9.78 Å². The number of rotatable bonds is 6. The van der Waals surface area contributed by atoms with Gasteiger partial charge in [-0.2, -0.15) is 18.3 Å². The van der Waals surface area contributed by atoms with Crippen molar-refractivity contribution in [3.63, 3.8) is 0 Å². The SMILES string of the molecule is CC[C@@H](C)OCc1nn(CCC(F)(F)F)cc1Cl. The van der Waals surface area contributed by atoms with Gasteiger partial charge in [0.05, 0.1) is 24.2 Å². The molecule has 1 rings (SSSR count). The zero-order valence-electron chi connectivity index (χ0n) is 10.3. The van der Waals surface area contributed by atoms with Crippen molar-refractivity contribution >= 4 is 11.6 Å². The van der Waals surface area contributed by atoms with Gasteiger partial charge in [-0.3, -0.25) is 4.68 Å². The number of halogens is 4. The maximum absolute atomic E-state index is 12.0. The molecular formula is C11H16ClF3N2O. The lowest BCUT2D eigenvalue weighted by Crippen LogP contribution is -2.13. The highest BCUT2D eigenvalue weighted by Gasteiger charge is 2.27. The molecule has 0 saturated carbocycles. The fraction of sp³-hybridized carbons (Fsp3) is 0.727. The van der Waals surface area contributed by atoms with E-state index in [0.29, 0.717) is 10.7 Å².